The van der Waals surface area contributed by atoms with Crippen molar-refractivity contribution in [3.05, 3.63) is 17.7 Å². The lowest BCUT2D eigenvalue weighted by Gasteiger charge is -2.05. The monoisotopic (exact) mass is 615 g/mol. The molecule has 1 N–H and O–H groups in total. The number of hydrogen-bond acceptors (Lipinski definition) is 1. The van der Waals surface area contributed by atoms with Crippen LogP contribution in [0, 0.1) is 0 Å². The molecule has 0 aliphatic rings. The Hall–Kier alpha value is -0.790. The Morgan fingerprint density at radius 2 is 0.591 bits per heavy atom. The van der Waals surface area contributed by atoms with E-state index in [9.17, 15) is 0 Å². The molecule has 2 heteroatoms. The molecular formula is C42H82N2. The number of H-pyrrole nitrogens is 1. The van der Waals surface area contributed by atoms with Gasteiger partial charge in [-0.15, -0.1) is 0 Å². The van der Waals surface area contributed by atoms with E-state index in [2.05, 4.69) is 23.8 Å². The molecule has 0 saturated heterocycles. The van der Waals surface area contributed by atoms with E-state index in [-0.39, 0.29) is 0 Å². The summed E-state index contributed by atoms with van der Waals surface area (Å²) in [4.78, 5) is 8.13. The lowest BCUT2D eigenvalue weighted by molar-refractivity contribution is 0.524. The fraction of sp³-hybridized carbons (Fsp3) is 0.929. The Bertz CT molecular complexity index is 650. The van der Waals surface area contributed by atoms with Gasteiger partial charge in [-0.3, -0.25) is 0 Å². The van der Waals surface area contributed by atoms with Gasteiger partial charge >= 0.3 is 0 Å². The van der Waals surface area contributed by atoms with E-state index >= 15 is 0 Å². The van der Waals surface area contributed by atoms with Crippen molar-refractivity contribution in [3.8, 4) is 0 Å². The summed E-state index contributed by atoms with van der Waals surface area (Å²) in [6.07, 6.45) is 54.8. The Morgan fingerprint density at radius 3 is 0.886 bits per heavy atom. The molecule has 0 aromatic carbocycles. The van der Waals surface area contributed by atoms with Crippen LogP contribution in [0.4, 0.5) is 0 Å². The van der Waals surface area contributed by atoms with Gasteiger partial charge in [0.15, 0.2) is 0 Å². The molecule has 0 amide bonds. The summed E-state index contributed by atoms with van der Waals surface area (Å²) in [5, 5.41) is 0. The number of aromatic amines is 1. The van der Waals surface area contributed by atoms with Crippen molar-refractivity contribution in [2.45, 2.75) is 251 Å². The van der Waals surface area contributed by atoms with Crippen molar-refractivity contribution in [2.75, 3.05) is 0 Å². The number of aryl methyl sites for hydroxylation is 2. The molecule has 0 fully saturated rings. The van der Waals surface area contributed by atoms with Gasteiger partial charge in [-0.05, 0) is 25.7 Å². The summed E-state index contributed by atoms with van der Waals surface area (Å²) in [5.41, 5.74) is 2.79. The van der Waals surface area contributed by atoms with Crippen LogP contribution < -0.4 is 0 Å². The summed E-state index contributed by atoms with van der Waals surface area (Å²) in [5.74, 6) is 0. The second kappa shape index (κ2) is 35.1. The smallest absolute Gasteiger partial charge is 0.0925 e. The topological polar surface area (TPSA) is 28.7 Å². The number of hydrogen-bond donors (Lipinski definition) is 1. The van der Waals surface area contributed by atoms with Crippen molar-refractivity contribution in [1.29, 1.82) is 0 Å². The first kappa shape index (κ1) is 41.2. The minimum atomic E-state index is 1.18. The second-order valence-electron chi connectivity index (χ2n) is 14.5. The van der Waals surface area contributed by atoms with Gasteiger partial charge in [0.25, 0.3) is 0 Å². The molecule has 0 unspecified atom stereocenters. The Labute approximate surface area is 278 Å². The van der Waals surface area contributed by atoms with E-state index in [1.54, 1.807) is 0 Å². The maximum absolute atomic E-state index is 4.67. The molecule has 2 nitrogen and oxygen atoms in total. The normalized spacial score (nSPS) is 11.6. The number of nitrogens with one attached hydrogen (secondary N) is 1. The van der Waals surface area contributed by atoms with Gasteiger partial charge in [0.2, 0.25) is 0 Å². The first-order valence-corrected chi connectivity index (χ1v) is 20.9. The quantitative estimate of drug-likeness (QED) is 0.0742. The zero-order valence-electron chi connectivity index (χ0n) is 30.7. The van der Waals surface area contributed by atoms with Crippen LogP contribution in [0.25, 0.3) is 0 Å². The third-order valence-corrected chi connectivity index (χ3v) is 10.1. The lowest BCUT2D eigenvalue weighted by atomic mass is 10.0. The number of imidazole rings is 1. The summed E-state index contributed by atoms with van der Waals surface area (Å²) >= 11 is 0. The molecule has 0 aliphatic carbocycles. The minimum Gasteiger partial charge on any atom is -0.348 e. The average molecular weight is 615 g/mol. The fourth-order valence-electron chi connectivity index (χ4n) is 7.00. The van der Waals surface area contributed by atoms with Crippen molar-refractivity contribution in [3.63, 3.8) is 0 Å². The Kier molecular flexibility index (Phi) is 32.9. The summed E-state index contributed by atoms with van der Waals surface area (Å²) < 4.78 is 0. The highest BCUT2D eigenvalue weighted by Crippen LogP contribution is 2.18. The molecule has 260 valence electrons. The van der Waals surface area contributed by atoms with E-state index in [1.165, 1.54) is 249 Å². The highest BCUT2D eigenvalue weighted by atomic mass is 14.9. The van der Waals surface area contributed by atoms with Gasteiger partial charge in [-0.25, -0.2) is 4.98 Å². The first-order valence-electron chi connectivity index (χ1n) is 20.9. The zero-order valence-corrected chi connectivity index (χ0v) is 30.7. The minimum absolute atomic E-state index is 1.18. The molecule has 0 spiro atoms. The van der Waals surface area contributed by atoms with Crippen LogP contribution in [-0.4, -0.2) is 9.97 Å². The van der Waals surface area contributed by atoms with Gasteiger partial charge in [0.1, 0.15) is 0 Å². The zero-order chi connectivity index (χ0) is 31.4. The first-order chi connectivity index (χ1) is 21.9. The van der Waals surface area contributed by atoms with Crippen LogP contribution in [0.5, 0.6) is 0 Å². The van der Waals surface area contributed by atoms with Crippen molar-refractivity contribution < 1.29 is 0 Å². The van der Waals surface area contributed by atoms with E-state index < -0.39 is 0 Å². The lowest BCUT2D eigenvalue weighted by Crippen LogP contribution is -1.95. The number of nitrogens with zero attached hydrogens (tertiary/aromatic N) is 1. The van der Waals surface area contributed by atoms with Crippen LogP contribution in [-0.2, 0) is 12.8 Å². The summed E-state index contributed by atoms with van der Waals surface area (Å²) in [6.45, 7) is 4.61. The van der Waals surface area contributed by atoms with Gasteiger partial charge < -0.3 is 4.98 Å². The fourth-order valence-corrected chi connectivity index (χ4v) is 7.00. The van der Waals surface area contributed by atoms with E-state index in [1.807, 2.05) is 6.33 Å². The van der Waals surface area contributed by atoms with Crippen LogP contribution in [0.3, 0.4) is 0 Å². The molecule has 1 aromatic heterocycles. The van der Waals surface area contributed by atoms with E-state index in [4.69, 9.17) is 0 Å². The highest BCUT2D eigenvalue weighted by molar-refractivity contribution is 5.11. The van der Waals surface area contributed by atoms with Crippen molar-refractivity contribution >= 4 is 0 Å². The predicted octanol–water partition coefficient (Wildman–Crippen LogP) is 15.2. The van der Waals surface area contributed by atoms with Crippen LogP contribution in [0.2, 0.25) is 0 Å². The number of aromatic nitrogens is 2. The SMILES string of the molecule is CCCCCCCCCCCCCCCCCCCCc1nc[nH]c1CCCCCCCCCCCCCCCCCCC. The molecule has 44 heavy (non-hydrogen) atoms. The standard InChI is InChI=1S/C42H82N2/c1-3-5-7-9-11-13-15-17-19-21-23-25-27-29-31-33-35-37-39-42-41(43-40-44-42)38-36-34-32-30-28-26-24-22-20-18-16-14-12-10-8-6-4-2/h40H,3-39H2,1-2H3,(H,43,44). The van der Waals surface area contributed by atoms with Gasteiger partial charge in [0, 0.05) is 5.69 Å². The molecule has 0 atom stereocenters. The van der Waals surface area contributed by atoms with Gasteiger partial charge in [-0.1, -0.05) is 226 Å². The molecule has 1 rings (SSSR count). The van der Waals surface area contributed by atoms with E-state index in [0.29, 0.717) is 0 Å². The molecule has 1 aromatic rings. The highest BCUT2D eigenvalue weighted by Gasteiger charge is 2.05. The van der Waals surface area contributed by atoms with Crippen molar-refractivity contribution in [1.82, 2.24) is 9.97 Å². The summed E-state index contributed by atoms with van der Waals surface area (Å²) in [6, 6.07) is 0. The van der Waals surface area contributed by atoms with Gasteiger partial charge in [0.05, 0.1) is 12.0 Å². The summed E-state index contributed by atoms with van der Waals surface area (Å²) in [7, 11) is 0. The van der Waals surface area contributed by atoms with Crippen LogP contribution in [0.1, 0.15) is 250 Å². The number of rotatable bonds is 37. The van der Waals surface area contributed by atoms with Crippen LogP contribution >= 0.6 is 0 Å². The third kappa shape index (κ3) is 28.7. The Morgan fingerprint density at radius 1 is 0.341 bits per heavy atom. The molecular weight excluding hydrogens is 532 g/mol. The van der Waals surface area contributed by atoms with Crippen molar-refractivity contribution in [2.24, 2.45) is 0 Å². The maximum Gasteiger partial charge on any atom is 0.0925 e. The number of unbranched alkanes of at least 4 members (excludes halogenated alkanes) is 33. The molecule has 0 saturated carbocycles. The van der Waals surface area contributed by atoms with E-state index in [0.717, 1.165) is 0 Å². The molecule has 0 bridgehead atoms. The maximum atomic E-state index is 4.67. The average Bonchev–Trinajstić information content (AvgIpc) is 3.49. The van der Waals surface area contributed by atoms with Gasteiger partial charge in [-0.2, -0.15) is 0 Å². The largest absolute Gasteiger partial charge is 0.348 e. The predicted molar refractivity (Wildman–Crippen MR) is 199 cm³/mol. The molecule has 0 aliphatic heterocycles. The molecule has 1 heterocycles. The second-order valence-corrected chi connectivity index (χ2v) is 14.5. The molecule has 0 radical (unpaired) electrons. The van der Waals surface area contributed by atoms with Crippen LogP contribution in [0.15, 0.2) is 6.33 Å². The third-order valence-electron chi connectivity index (χ3n) is 10.1. The Balaban J connectivity index is 1.80.